The monoisotopic (exact) mass is 273 g/mol. The summed E-state index contributed by atoms with van der Waals surface area (Å²) in [6, 6.07) is 0.261. The summed E-state index contributed by atoms with van der Waals surface area (Å²) in [5.41, 5.74) is 1.95. The zero-order valence-electron chi connectivity index (χ0n) is 12.0. The van der Waals surface area contributed by atoms with Crippen LogP contribution in [0.15, 0.2) is 0 Å². The highest BCUT2D eigenvalue weighted by Gasteiger charge is 2.22. The van der Waals surface area contributed by atoms with E-state index >= 15 is 0 Å². The zero-order chi connectivity index (χ0) is 13.7. The maximum atomic E-state index is 6.30. The Morgan fingerprint density at radius 3 is 2.50 bits per heavy atom. The Labute approximate surface area is 115 Å². The molecule has 0 aliphatic carbocycles. The lowest BCUT2D eigenvalue weighted by Crippen LogP contribution is -2.42. The van der Waals surface area contributed by atoms with Gasteiger partial charge in [0, 0.05) is 26.6 Å². The first-order chi connectivity index (χ1) is 8.54. The van der Waals surface area contributed by atoms with Crippen LogP contribution in [0.25, 0.3) is 0 Å². The Morgan fingerprint density at radius 1 is 1.44 bits per heavy atom. The predicted octanol–water partition coefficient (Wildman–Crippen LogP) is 2.33. The molecule has 0 saturated carbocycles. The lowest BCUT2D eigenvalue weighted by Gasteiger charge is -2.26. The van der Waals surface area contributed by atoms with E-state index in [1.807, 2.05) is 18.7 Å². The molecule has 0 radical (unpaired) electrons. The van der Waals surface area contributed by atoms with Gasteiger partial charge < -0.3 is 10.1 Å². The lowest BCUT2D eigenvalue weighted by molar-refractivity contribution is 0.0653. The number of methoxy groups -OCH3 is 1. The van der Waals surface area contributed by atoms with E-state index in [1.165, 1.54) is 0 Å². The van der Waals surface area contributed by atoms with Crippen LogP contribution in [0.5, 0.6) is 0 Å². The van der Waals surface area contributed by atoms with Crippen LogP contribution in [0.4, 0.5) is 0 Å². The Kier molecular flexibility index (Phi) is 6.12. The number of nitrogens with one attached hydrogen (secondary N) is 1. The van der Waals surface area contributed by atoms with Crippen LogP contribution in [0.1, 0.15) is 31.7 Å². The SMILES string of the molecule is CCNC(Cc1c(Cl)c(C)nn1C)C(CC)OC. The van der Waals surface area contributed by atoms with Crippen molar-refractivity contribution in [2.75, 3.05) is 13.7 Å². The van der Waals surface area contributed by atoms with Crippen LogP contribution < -0.4 is 5.32 Å². The van der Waals surface area contributed by atoms with E-state index in [0.29, 0.717) is 0 Å². The maximum Gasteiger partial charge on any atom is 0.0847 e. The molecule has 18 heavy (non-hydrogen) atoms. The minimum atomic E-state index is 0.191. The lowest BCUT2D eigenvalue weighted by atomic mass is 10.0. The van der Waals surface area contributed by atoms with Gasteiger partial charge in [0.05, 0.1) is 22.5 Å². The highest BCUT2D eigenvalue weighted by Crippen LogP contribution is 2.22. The number of hydrogen-bond donors (Lipinski definition) is 1. The van der Waals surface area contributed by atoms with Gasteiger partial charge in [0.1, 0.15) is 0 Å². The number of nitrogens with zero attached hydrogens (tertiary/aromatic N) is 2. The molecule has 1 N–H and O–H groups in total. The molecular formula is C13H24ClN3O. The van der Waals surface area contributed by atoms with Crippen molar-refractivity contribution < 1.29 is 4.74 Å². The molecule has 0 amide bonds. The van der Waals surface area contributed by atoms with Crippen LogP contribution in [-0.4, -0.2) is 35.6 Å². The highest BCUT2D eigenvalue weighted by molar-refractivity contribution is 6.31. The van der Waals surface area contributed by atoms with E-state index in [2.05, 4.69) is 24.3 Å². The fourth-order valence-electron chi connectivity index (χ4n) is 2.32. The molecule has 1 aromatic rings. The topological polar surface area (TPSA) is 39.1 Å². The highest BCUT2D eigenvalue weighted by atomic mass is 35.5. The standard InChI is InChI=1S/C13H24ClN3O/c1-6-12(18-5)10(15-7-2)8-11-13(14)9(3)16-17(11)4/h10,12,15H,6-8H2,1-5H3. The van der Waals surface area contributed by atoms with Gasteiger partial charge in [0.2, 0.25) is 0 Å². The average Bonchev–Trinajstić information content (AvgIpc) is 2.57. The third-order valence-electron chi connectivity index (χ3n) is 3.30. The summed E-state index contributed by atoms with van der Waals surface area (Å²) < 4.78 is 7.40. The number of halogens is 1. The summed E-state index contributed by atoms with van der Waals surface area (Å²) in [7, 11) is 3.69. The maximum absolute atomic E-state index is 6.30. The van der Waals surface area contributed by atoms with E-state index in [1.54, 1.807) is 7.11 Å². The van der Waals surface area contributed by atoms with Crippen molar-refractivity contribution >= 4 is 11.6 Å². The number of hydrogen-bond acceptors (Lipinski definition) is 3. The summed E-state index contributed by atoms with van der Waals surface area (Å²) in [6.07, 6.45) is 2.00. The van der Waals surface area contributed by atoms with Crippen molar-refractivity contribution in [1.82, 2.24) is 15.1 Å². The van der Waals surface area contributed by atoms with Crippen molar-refractivity contribution in [3.8, 4) is 0 Å². The minimum absolute atomic E-state index is 0.191. The predicted molar refractivity (Wildman–Crippen MR) is 75.2 cm³/mol. The van der Waals surface area contributed by atoms with Crippen molar-refractivity contribution in [1.29, 1.82) is 0 Å². The van der Waals surface area contributed by atoms with Gasteiger partial charge in [0.25, 0.3) is 0 Å². The number of aromatic nitrogens is 2. The first-order valence-corrected chi connectivity index (χ1v) is 6.87. The summed E-state index contributed by atoms with van der Waals surface area (Å²) in [6.45, 7) is 7.08. The molecule has 1 aromatic heterocycles. The molecule has 2 unspecified atom stereocenters. The fourth-order valence-corrected chi connectivity index (χ4v) is 2.56. The third-order valence-corrected chi connectivity index (χ3v) is 3.79. The van der Waals surface area contributed by atoms with E-state index in [9.17, 15) is 0 Å². The molecule has 0 aliphatic heterocycles. The Morgan fingerprint density at radius 2 is 2.11 bits per heavy atom. The van der Waals surface area contributed by atoms with Crippen LogP contribution in [0, 0.1) is 6.92 Å². The molecule has 0 aromatic carbocycles. The molecule has 0 fully saturated rings. The number of rotatable bonds is 7. The largest absolute Gasteiger partial charge is 0.380 e. The molecule has 104 valence electrons. The molecule has 0 bridgehead atoms. The van der Waals surface area contributed by atoms with Gasteiger partial charge in [0.15, 0.2) is 0 Å². The summed E-state index contributed by atoms with van der Waals surface area (Å²) in [4.78, 5) is 0. The summed E-state index contributed by atoms with van der Waals surface area (Å²) >= 11 is 6.30. The second-order valence-corrected chi connectivity index (χ2v) is 4.90. The van der Waals surface area contributed by atoms with Crippen molar-refractivity contribution in [2.45, 2.75) is 45.8 Å². The van der Waals surface area contributed by atoms with Gasteiger partial charge in [-0.05, 0) is 19.9 Å². The first-order valence-electron chi connectivity index (χ1n) is 6.49. The fraction of sp³-hybridized carbons (Fsp3) is 0.769. The van der Waals surface area contributed by atoms with Gasteiger partial charge in [-0.15, -0.1) is 0 Å². The zero-order valence-corrected chi connectivity index (χ0v) is 12.7. The second-order valence-electron chi connectivity index (χ2n) is 4.52. The average molecular weight is 274 g/mol. The van der Waals surface area contributed by atoms with Crippen molar-refractivity contribution in [3.63, 3.8) is 0 Å². The normalized spacial score (nSPS) is 14.8. The molecule has 1 heterocycles. The Balaban J connectivity index is 2.88. The summed E-state index contributed by atoms with van der Waals surface area (Å²) in [5, 5.41) is 8.59. The summed E-state index contributed by atoms with van der Waals surface area (Å²) in [5.74, 6) is 0. The minimum Gasteiger partial charge on any atom is -0.380 e. The molecule has 0 aliphatic rings. The van der Waals surface area contributed by atoms with Crippen LogP contribution in [0.3, 0.4) is 0 Å². The molecule has 2 atom stereocenters. The number of ether oxygens (including phenoxy) is 1. The van der Waals surface area contributed by atoms with Crippen LogP contribution in [-0.2, 0) is 18.2 Å². The quantitative estimate of drug-likeness (QED) is 0.829. The number of aryl methyl sites for hydroxylation is 2. The number of likely N-dealkylation sites (N-methyl/N-ethyl adjacent to an activating group) is 1. The van der Waals surface area contributed by atoms with E-state index in [-0.39, 0.29) is 12.1 Å². The molecule has 0 spiro atoms. The third kappa shape index (κ3) is 3.46. The smallest absolute Gasteiger partial charge is 0.0847 e. The van der Waals surface area contributed by atoms with Crippen LogP contribution >= 0.6 is 11.6 Å². The van der Waals surface area contributed by atoms with Crippen molar-refractivity contribution in [3.05, 3.63) is 16.4 Å². The van der Waals surface area contributed by atoms with E-state index in [4.69, 9.17) is 16.3 Å². The van der Waals surface area contributed by atoms with E-state index < -0.39 is 0 Å². The molecule has 5 heteroatoms. The molecular weight excluding hydrogens is 250 g/mol. The van der Waals surface area contributed by atoms with Gasteiger partial charge in [-0.1, -0.05) is 25.4 Å². The molecule has 1 rings (SSSR count). The molecule has 0 saturated heterocycles. The van der Waals surface area contributed by atoms with Crippen molar-refractivity contribution in [2.24, 2.45) is 7.05 Å². The Bertz CT molecular complexity index is 375. The van der Waals surface area contributed by atoms with Gasteiger partial charge >= 0.3 is 0 Å². The van der Waals surface area contributed by atoms with Gasteiger partial charge in [-0.25, -0.2) is 0 Å². The Hall–Kier alpha value is -0.580. The molecule has 4 nitrogen and oxygen atoms in total. The van der Waals surface area contributed by atoms with Gasteiger partial charge in [-0.3, -0.25) is 4.68 Å². The van der Waals surface area contributed by atoms with Gasteiger partial charge in [-0.2, -0.15) is 5.10 Å². The van der Waals surface area contributed by atoms with E-state index in [0.717, 1.165) is 35.8 Å². The van der Waals surface area contributed by atoms with Crippen LogP contribution in [0.2, 0.25) is 5.02 Å². The first kappa shape index (κ1) is 15.5. The second kappa shape index (κ2) is 7.12.